The third-order valence-electron chi connectivity index (χ3n) is 3.15. The molecule has 0 unspecified atom stereocenters. The second-order valence-electron chi connectivity index (χ2n) is 4.45. The molecule has 0 aliphatic carbocycles. The largest absolute Gasteiger partial charge is 0.710 e. The van der Waals surface area contributed by atoms with Gasteiger partial charge in [-0.3, -0.25) is 0 Å². The van der Waals surface area contributed by atoms with Gasteiger partial charge in [-0.2, -0.15) is 0 Å². The Kier molecular flexibility index (Phi) is 3.66. The van der Waals surface area contributed by atoms with Crippen molar-refractivity contribution in [3.05, 3.63) is 64.3 Å². The van der Waals surface area contributed by atoms with Crippen LogP contribution in [0.1, 0.15) is 5.82 Å². The van der Waals surface area contributed by atoms with Crippen molar-refractivity contribution in [1.29, 1.82) is 0 Å². The Morgan fingerprint density at radius 1 is 1.19 bits per heavy atom. The van der Waals surface area contributed by atoms with Crippen LogP contribution in [0.25, 0.3) is 22.2 Å². The van der Waals surface area contributed by atoms with Crippen molar-refractivity contribution in [3.8, 4) is 11.3 Å². The molecule has 6 heteroatoms. The van der Waals surface area contributed by atoms with Crippen LogP contribution < -0.4 is 4.73 Å². The van der Waals surface area contributed by atoms with Gasteiger partial charge in [0.2, 0.25) is 0 Å². The minimum atomic E-state index is -0.491. The van der Waals surface area contributed by atoms with Crippen molar-refractivity contribution in [2.45, 2.75) is 5.88 Å². The molecule has 0 fully saturated rings. The highest BCUT2D eigenvalue weighted by molar-refractivity contribution is 6.31. The zero-order valence-electron chi connectivity index (χ0n) is 10.7. The Hall–Kier alpha value is -1.91. The number of fused-ring (bicyclic) bond motifs is 1. The molecule has 1 heterocycles. The topological polar surface area (TPSA) is 39.8 Å². The fourth-order valence-electron chi connectivity index (χ4n) is 2.21. The molecule has 0 amide bonds. The van der Waals surface area contributed by atoms with Crippen molar-refractivity contribution in [2.75, 3.05) is 0 Å². The van der Waals surface area contributed by atoms with Crippen LogP contribution in [0.5, 0.6) is 0 Å². The van der Waals surface area contributed by atoms with Crippen LogP contribution >= 0.6 is 23.2 Å². The minimum absolute atomic E-state index is 0.0660. The molecule has 0 atom stereocenters. The fraction of sp³-hybridized carbons (Fsp3) is 0.0667. The quantitative estimate of drug-likeness (QED) is 0.405. The minimum Gasteiger partial charge on any atom is -0.710 e. The second-order valence-corrected chi connectivity index (χ2v) is 5.15. The number of halogens is 3. The molecule has 21 heavy (non-hydrogen) atoms. The van der Waals surface area contributed by atoms with Crippen LogP contribution in [0.15, 0.2) is 42.5 Å². The van der Waals surface area contributed by atoms with E-state index in [1.807, 2.05) is 0 Å². The molecule has 1 aromatic heterocycles. The van der Waals surface area contributed by atoms with E-state index in [-0.39, 0.29) is 23.0 Å². The molecule has 0 spiro atoms. The van der Waals surface area contributed by atoms with Crippen molar-refractivity contribution >= 4 is 34.1 Å². The van der Waals surface area contributed by atoms with Crippen LogP contribution in [0.2, 0.25) is 5.02 Å². The summed E-state index contributed by atoms with van der Waals surface area (Å²) in [6.45, 7) is 0. The first-order valence-electron chi connectivity index (χ1n) is 6.14. The normalized spacial score (nSPS) is 11.0. The van der Waals surface area contributed by atoms with Gasteiger partial charge in [0.05, 0.1) is 10.9 Å². The standard InChI is InChI=1S/C15H9Cl2FN2O/c16-8-14-19-13-6-5-9(17)7-11(13)15(20(14)21)10-3-1-2-4-12(10)18/h1-7H,8H2. The summed E-state index contributed by atoms with van der Waals surface area (Å²) in [4.78, 5) is 4.19. The molecular weight excluding hydrogens is 314 g/mol. The summed E-state index contributed by atoms with van der Waals surface area (Å²) >= 11 is 11.7. The number of aromatic nitrogens is 2. The molecule has 0 N–H and O–H groups in total. The first-order valence-corrected chi connectivity index (χ1v) is 7.05. The van der Waals surface area contributed by atoms with Gasteiger partial charge in [0.15, 0.2) is 11.2 Å². The van der Waals surface area contributed by atoms with E-state index in [0.717, 1.165) is 0 Å². The van der Waals surface area contributed by atoms with Crippen LogP contribution in [0.4, 0.5) is 4.39 Å². The van der Waals surface area contributed by atoms with Gasteiger partial charge in [-0.15, -0.1) is 11.6 Å². The van der Waals surface area contributed by atoms with E-state index in [4.69, 9.17) is 23.2 Å². The average molecular weight is 323 g/mol. The lowest BCUT2D eigenvalue weighted by atomic mass is 10.1. The van der Waals surface area contributed by atoms with Gasteiger partial charge < -0.3 is 5.21 Å². The third-order valence-corrected chi connectivity index (χ3v) is 3.62. The monoisotopic (exact) mass is 322 g/mol. The molecule has 3 rings (SSSR count). The van der Waals surface area contributed by atoms with Gasteiger partial charge >= 0.3 is 5.82 Å². The summed E-state index contributed by atoms with van der Waals surface area (Å²) in [5.74, 6) is -0.441. The maximum absolute atomic E-state index is 14.1. The molecule has 0 aliphatic rings. The molecule has 3 aromatic rings. The van der Waals surface area contributed by atoms with E-state index >= 15 is 0 Å². The predicted molar refractivity (Wildman–Crippen MR) is 80.7 cm³/mol. The zero-order valence-corrected chi connectivity index (χ0v) is 12.2. The van der Waals surface area contributed by atoms with E-state index < -0.39 is 5.82 Å². The highest BCUT2D eigenvalue weighted by Crippen LogP contribution is 2.29. The molecule has 106 valence electrons. The Morgan fingerprint density at radius 2 is 1.95 bits per heavy atom. The molecule has 0 aliphatic heterocycles. The lowest BCUT2D eigenvalue weighted by molar-refractivity contribution is -0.603. The summed E-state index contributed by atoms with van der Waals surface area (Å²) in [5.41, 5.74) is 0.894. The van der Waals surface area contributed by atoms with Crippen LogP contribution in [-0.2, 0) is 5.88 Å². The molecule has 0 saturated carbocycles. The number of hydrogen-bond acceptors (Lipinski definition) is 2. The molecule has 0 radical (unpaired) electrons. The smallest absolute Gasteiger partial charge is 0.317 e. The first kappa shape index (κ1) is 14.0. The van der Waals surface area contributed by atoms with Crippen LogP contribution in [0.3, 0.4) is 0 Å². The second kappa shape index (κ2) is 5.47. The van der Waals surface area contributed by atoms with Gasteiger partial charge in [0.25, 0.3) is 0 Å². The van der Waals surface area contributed by atoms with Gasteiger partial charge in [-0.05, 0) is 35.3 Å². The van der Waals surface area contributed by atoms with Crippen molar-refractivity contribution in [1.82, 2.24) is 4.98 Å². The lowest BCUT2D eigenvalue weighted by Crippen LogP contribution is -2.36. The molecule has 3 nitrogen and oxygen atoms in total. The molecular formula is C15H9Cl2FN2O. The van der Waals surface area contributed by atoms with E-state index in [0.29, 0.717) is 20.7 Å². The highest BCUT2D eigenvalue weighted by atomic mass is 35.5. The van der Waals surface area contributed by atoms with Gasteiger partial charge in [-0.25, -0.2) is 9.12 Å². The maximum atomic E-state index is 14.1. The van der Waals surface area contributed by atoms with Gasteiger partial charge in [-0.1, -0.05) is 23.7 Å². The summed E-state index contributed by atoms with van der Waals surface area (Å²) in [5, 5.41) is 13.4. The Morgan fingerprint density at radius 3 is 2.67 bits per heavy atom. The molecule has 0 saturated heterocycles. The van der Waals surface area contributed by atoms with Crippen LogP contribution in [0, 0.1) is 11.0 Å². The molecule has 0 bridgehead atoms. The Bertz CT molecular complexity index is 839. The summed E-state index contributed by atoms with van der Waals surface area (Å²) < 4.78 is 14.6. The molecule has 2 aromatic carbocycles. The highest BCUT2D eigenvalue weighted by Gasteiger charge is 2.21. The summed E-state index contributed by atoms with van der Waals surface area (Å²) in [7, 11) is 0. The number of rotatable bonds is 2. The van der Waals surface area contributed by atoms with Gasteiger partial charge in [0, 0.05) is 5.02 Å². The zero-order chi connectivity index (χ0) is 15.0. The first-order chi connectivity index (χ1) is 10.1. The average Bonchev–Trinajstić information content (AvgIpc) is 2.48. The lowest BCUT2D eigenvalue weighted by Gasteiger charge is -2.14. The number of hydrogen-bond donors (Lipinski definition) is 0. The predicted octanol–water partition coefficient (Wildman–Crippen LogP) is 4.07. The van der Waals surface area contributed by atoms with Crippen molar-refractivity contribution in [2.24, 2.45) is 0 Å². The Balaban J connectivity index is 2.46. The van der Waals surface area contributed by atoms with E-state index in [1.54, 1.807) is 30.3 Å². The summed E-state index contributed by atoms with van der Waals surface area (Å²) in [6.07, 6.45) is 0. The third kappa shape index (κ3) is 2.41. The summed E-state index contributed by atoms with van der Waals surface area (Å²) in [6, 6.07) is 11.0. The van der Waals surface area contributed by atoms with Crippen LogP contribution in [-0.4, -0.2) is 4.98 Å². The number of nitrogens with zero attached hydrogens (tertiary/aromatic N) is 2. The van der Waals surface area contributed by atoms with E-state index in [1.165, 1.54) is 12.1 Å². The SMILES string of the molecule is [O-][n+]1c(CCl)nc2ccc(Cl)cc2c1-c1ccccc1F. The van der Waals surface area contributed by atoms with Crippen molar-refractivity contribution in [3.63, 3.8) is 0 Å². The fourth-order valence-corrected chi connectivity index (χ4v) is 2.55. The van der Waals surface area contributed by atoms with E-state index in [9.17, 15) is 9.60 Å². The van der Waals surface area contributed by atoms with Crippen molar-refractivity contribution < 1.29 is 9.12 Å². The van der Waals surface area contributed by atoms with E-state index in [2.05, 4.69) is 4.98 Å². The Labute approximate surface area is 130 Å². The number of benzene rings is 2. The maximum Gasteiger partial charge on any atom is 0.317 e. The number of alkyl halides is 1. The van der Waals surface area contributed by atoms with Gasteiger partial charge in [0.1, 0.15) is 11.7 Å².